The summed E-state index contributed by atoms with van der Waals surface area (Å²) in [5, 5.41) is 7.25. The second-order valence-corrected chi connectivity index (χ2v) is 10.1. The Kier molecular flexibility index (Phi) is 9.71. The molecule has 4 rings (SSSR count). The number of ether oxygens (including phenoxy) is 2. The van der Waals surface area contributed by atoms with Crippen molar-refractivity contribution < 1.29 is 19.1 Å². The van der Waals surface area contributed by atoms with Gasteiger partial charge in [0, 0.05) is 5.69 Å². The Labute approximate surface area is 237 Å². The monoisotopic (exact) mass is 560 g/mol. The fraction of sp³-hybridized carbons (Fsp3) is 0.172. The minimum Gasteiger partial charge on any atom is -0.497 e. The van der Waals surface area contributed by atoms with Crippen LogP contribution in [0.25, 0.3) is 6.08 Å². The third kappa shape index (κ3) is 7.68. The number of hydrogen-bond acceptors (Lipinski definition) is 8. The van der Waals surface area contributed by atoms with E-state index in [4.69, 9.17) is 21.7 Å². The Balaban J connectivity index is 1.26. The number of para-hydroxylation sites is 1. The van der Waals surface area contributed by atoms with Gasteiger partial charge in [-0.1, -0.05) is 61.2 Å². The number of nitrogens with one attached hydrogen (secondary N) is 2. The standard InChI is InChI=1S/C29H28N4O4S2/c1-3-22-6-4-5-7-25(22)30-19-33-28(35)26(39-29(33)38)16-20-8-14-24(15-9-20)37-18-27(34)32-31-17-21-10-12-23(36-2)13-11-21/h4-17,30H,3,18-19H2,1-2H3,(H,32,34)/b26-16+,31-17+. The Hall–Kier alpha value is -4.15. The number of amides is 2. The molecule has 39 heavy (non-hydrogen) atoms. The minimum atomic E-state index is -0.386. The van der Waals surface area contributed by atoms with E-state index in [-0.39, 0.29) is 18.4 Å². The Morgan fingerprint density at radius 2 is 1.72 bits per heavy atom. The molecule has 1 heterocycles. The van der Waals surface area contributed by atoms with Crippen LogP contribution in [0.4, 0.5) is 5.69 Å². The Morgan fingerprint density at radius 1 is 1.03 bits per heavy atom. The van der Waals surface area contributed by atoms with Crippen LogP contribution in [0.3, 0.4) is 0 Å². The summed E-state index contributed by atoms with van der Waals surface area (Å²) in [5.41, 5.74) is 6.25. The highest BCUT2D eigenvalue weighted by atomic mass is 32.2. The Morgan fingerprint density at radius 3 is 2.44 bits per heavy atom. The molecule has 1 aliphatic rings. The third-order valence-electron chi connectivity index (χ3n) is 5.77. The molecule has 0 spiro atoms. The van der Waals surface area contributed by atoms with Gasteiger partial charge in [-0.3, -0.25) is 14.5 Å². The molecule has 200 valence electrons. The second kappa shape index (κ2) is 13.6. The fourth-order valence-corrected chi connectivity index (χ4v) is 4.92. The van der Waals surface area contributed by atoms with E-state index in [1.165, 1.54) is 23.5 Å². The number of thioether (sulfide) groups is 1. The highest BCUT2D eigenvalue weighted by Gasteiger charge is 2.31. The predicted octanol–water partition coefficient (Wildman–Crippen LogP) is 5.06. The molecule has 8 nitrogen and oxygen atoms in total. The van der Waals surface area contributed by atoms with Crippen molar-refractivity contribution in [3.05, 3.63) is 94.4 Å². The SMILES string of the molecule is CCc1ccccc1NCN1C(=O)/C(=C\c2ccc(OCC(=O)N/N=C/c3ccc(OC)cc3)cc2)SC1=S. The van der Waals surface area contributed by atoms with Crippen molar-refractivity contribution in [3.63, 3.8) is 0 Å². The third-order valence-corrected chi connectivity index (χ3v) is 7.14. The number of anilines is 1. The maximum Gasteiger partial charge on any atom is 0.277 e. The Bertz CT molecular complexity index is 1390. The molecule has 2 N–H and O–H groups in total. The van der Waals surface area contributed by atoms with Crippen molar-refractivity contribution in [1.29, 1.82) is 0 Å². The second-order valence-electron chi connectivity index (χ2n) is 8.38. The van der Waals surface area contributed by atoms with Gasteiger partial charge >= 0.3 is 0 Å². The first kappa shape index (κ1) is 27.9. The van der Waals surface area contributed by atoms with Crippen LogP contribution < -0.4 is 20.2 Å². The van der Waals surface area contributed by atoms with E-state index in [0.717, 1.165) is 29.0 Å². The first-order valence-corrected chi connectivity index (χ1v) is 13.4. The van der Waals surface area contributed by atoms with Gasteiger partial charge in [0.1, 0.15) is 15.8 Å². The summed E-state index contributed by atoms with van der Waals surface area (Å²) in [6.07, 6.45) is 4.23. The van der Waals surface area contributed by atoms with Crippen LogP contribution in [0.2, 0.25) is 0 Å². The van der Waals surface area contributed by atoms with E-state index in [0.29, 0.717) is 21.6 Å². The van der Waals surface area contributed by atoms with E-state index < -0.39 is 0 Å². The molecule has 2 amide bonds. The van der Waals surface area contributed by atoms with Gasteiger partial charge in [0.2, 0.25) is 0 Å². The molecule has 1 aliphatic heterocycles. The lowest BCUT2D eigenvalue weighted by Gasteiger charge is -2.17. The highest BCUT2D eigenvalue weighted by Crippen LogP contribution is 2.33. The summed E-state index contributed by atoms with van der Waals surface area (Å²) in [6, 6.07) is 22.4. The quantitative estimate of drug-likeness (QED) is 0.147. The maximum absolute atomic E-state index is 13.0. The summed E-state index contributed by atoms with van der Waals surface area (Å²) in [4.78, 5) is 27.1. The van der Waals surface area contributed by atoms with Gasteiger partial charge in [0.05, 0.1) is 24.9 Å². The molecule has 0 aromatic heterocycles. The van der Waals surface area contributed by atoms with Gasteiger partial charge in [-0.15, -0.1) is 0 Å². The van der Waals surface area contributed by atoms with Crippen molar-refractivity contribution in [2.24, 2.45) is 5.10 Å². The van der Waals surface area contributed by atoms with E-state index in [2.05, 4.69) is 28.8 Å². The van der Waals surface area contributed by atoms with Crippen molar-refractivity contribution in [1.82, 2.24) is 10.3 Å². The molecule has 0 saturated carbocycles. The van der Waals surface area contributed by atoms with Gasteiger partial charge in [0.25, 0.3) is 11.8 Å². The maximum atomic E-state index is 13.0. The van der Waals surface area contributed by atoms with Crippen LogP contribution in [-0.4, -0.2) is 47.6 Å². The zero-order valence-corrected chi connectivity index (χ0v) is 23.2. The number of hydrazone groups is 1. The number of thiocarbonyl (C=S) groups is 1. The lowest BCUT2D eigenvalue weighted by atomic mass is 10.1. The summed E-state index contributed by atoms with van der Waals surface area (Å²) >= 11 is 6.72. The number of carbonyl (C=O) groups excluding carboxylic acids is 2. The van der Waals surface area contributed by atoms with Crippen LogP contribution in [-0.2, 0) is 16.0 Å². The first-order chi connectivity index (χ1) is 19.0. The molecule has 1 saturated heterocycles. The predicted molar refractivity (Wildman–Crippen MR) is 160 cm³/mol. The zero-order chi connectivity index (χ0) is 27.6. The zero-order valence-electron chi connectivity index (χ0n) is 21.5. The number of nitrogens with zero attached hydrogens (tertiary/aromatic N) is 2. The molecular formula is C29H28N4O4S2. The minimum absolute atomic E-state index is 0.140. The molecule has 3 aromatic rings. The molecule has 0 bridgehead atoms. The lowest BCUT2D eigenvalue weighted by molar-refractivity contribution is -0.123. The molecule has 0 radical (unpaired) electrons. The van der Waals surface area contributed by atoms with Crippen molar-refractivity contribution in [2.45, 2.75) is 13.3 Å². The molecule has 0 unspecified atom stereocenters. The summed E-state index contributed by atoms with van der Waals surface area (Å²) in [6.45, 7) is 2.21. The number of carbonyl (C=O) groups is 2. The van der Waals surface area contributed by atoms with Gasteiger partial charge in [0.15, 0.2) is 6.61 Å². The van der Waals surface area contributed by atoms with E-state index in [1.54, 1.807) is 30.2 Å². The smallest absolute Gasteiger partial charge is 0.277 e. The summed E-state index contributed by atoms with van der Waals surface area (Å²) in [5.74, 6) is 0.738. The van der Waals surface area contributed by atoms with Crippen LogP contribution in [0.5, 0.6) is 11.5 Å². The highest BCUT2D eigenvalue weighted by molar-refractivity contribution is 8.26. The number of hydrogen-bond donors (Lipinski definition) is 2. The van der Waals surface area contributed by atoms with Gasteiger partial charge in [-0.05, 0) is 71.7 Å². The molecule has 0 atom stereocenters. The molecule has 0 aliphatic carbocycles. The van der Waals surface area contributed by atoms with Crippen molar-refractivity contribution in [3.8, 4) is 11.5 Å². The average molecular weight is 561 g/mol. The van der Waals surface area contributed by atoms with Crippen LogP contribution in [0.1, 0.15) is 23.6 Å². The molecule has 3 aromatic carbocycles. The van der Waals surface area contributed by atoms with Gasteiger partial charge in [-0.25, -0.2) is 5.43 Å². The normalized spacial score (nSPS) is 14.2. The van der Waals surface area contributed by atoms with Crippen molar-refractivity contribution in [2.75, 3.05) is 25.7 Å². The number of methoxy groups -OCH3 is 1. The number of rotatable bonds is 11. The molecule has 10 heteroatoms. The number of benzene rings is 3. The van der Waals surface area contributed by atoms with Crippen molar-refractivity contribution >= 4 is 58.1 Å². The largest absolute Gasteiger partial charge is 0.497 e. The topological polar surface area (TPSA) is 92.3 Å². The first-order valence-electron chi connectivity index (χ1n) is 12.2. The van der Waals surface area contributed by atoms with Gasteiger partial charge in [-0.2, -0.15) is 5.10 Å². The van der Waals surface area contributed by atoms with Gasteiger partial charge < -0.3 is 14.8 Å². The van der Waals surface area contributed by atoms with E-state index in [9.17, 15) is 9.59 Å². The van der Waals surface area contributed by atoms with E-state index in [1.807, 2.05) is 54.6 Å². The summed E-state index contributed by atoms with van der Waals surface area (Å²) < 4.78 is 11.2. The molecular weight excluding hydrogens is 532 g/mol. The summed E-state index contributed by atoms with van der Waals surface area (Å²) in [7, 11) is 1.60. The fourth-order valence-electron chi connectivity index (χ4n) is 3.66. The lowest BCUT2D eigenvalue weighted by Crippen LogP contribution is -2.33. The van der Waals surface area contributed by atoms with Crippen LogP contribution in [0.15, 0.2) is 82.8 Å². The van der Waals surface area contributed by atoms with E-state index >= 15 is 0 Å². The number of aryl methyl sites for hydroxylation is 1. The average Bonchev–Trinajstić information content (AvgIpc) is 3.23. The molecule has 1 fully saturated rings. The van der Waals surface area contributed by atoms with Crippen LogP contribution in [0, 0.1) is 0 Å². The van der Waals surface area contributed by atoms with Crippen LogP contribution >= 0.6 is 24.0 Å².